The Bertz CT molecular complexity index is 804. The maximum absolute atomic E-state index is 12.6. The zero-order valence-electron chi connectivity index (χ0n) is 15.6. The van der Waals surface area contributed by atoms with Crippen LogP contribution in [0.3, 0.4) is 0 Å². The van der Waals surface area contributed by atoms with Gasteiger partial charge in [-0.25, -0.2) is 0 Å². The number of amides is 2. The maximum Gasteiger partial charge on any atom is 0.229 e. The molecule has 0 aromatic heterocycles. The predicted octanol–water partition coefficient (Wildman–Crippen LogP) is 3.48. The molecule has 0 bridgehead atoms. The summed E-state index contributed by atoms with van der Waals surface area (Å²) in [6, 6.07) is 14.6. The zero-order chi connectivity index (χ0) is 19.2. The van der Waals surface area contributed by atoms with E-state index in [4.69, 9.17) is 9.47 Å². The molecule has 142 valence electrons. The average Bonchev–Trinajstić information content (AvgIpc) is 3.05. The molecule has 0 unspecified atom stereocenters. The minimum atomic E-state index is -0.389. The van der Waals surface area contributed by atoms with Crippen LogP contribution in [0.15, 0.2) is 48.5 Å². The van der Waals surface area contributed by atoms with E-state index in [0.717, 1.165) is 11.4 Å². The molecule has 1 fully saturated rings. The highest BCUT2D eigenvalue weighted by molar-refractivity contribution is 6.03. The van der Waals surface area contributed by atoms with Gasteiger partial charge in [-0.05, 0) is 50.2 Å². The van der Waals surface area contributed by atoms with E-state index in [9.17, 15) is 9.59 Å². The van der Waals surface area contributed by atoms with Crippen LogP contribution in [0.2, 0.25) is 0 Å². The van der Waals surface area contributed by atoms with Gasteiger partial charge in [0.25, 0.3) is 0 Å². The highest BCUT2D eigenvalue weighted by Crippen LogP contribution is 2.28. The van der Waals surface area contributed by atoms with Crippen molar-refractivity contribution >= 4 is 23.2 Å². The molecule has 0 spiro atoms. The van der Waals surface area contributed by atoms with Gasteiger partial charge in [-0.15, -0.1) is 0 Å². The van der Waals surface area contributed by atoms with Gasteiger partial charge < -0.3 is 19.7 Å². The first-order valence-electron chi connectivity index (χ1n) is 9.17. The van der Waals surface area contributed by atoms with Gasteiger partial charge >= 0.3 is 0 Å². The number of carbonyl (C=O) groups excluding carboxylic acids is 2. The summed E-state index contributed by atoms with van der Waals surface area (Å²) in [5, 5.41) is 2.88. The van der Waals surface area contributed by atoms with Crippen LogP contribution in [-0.4, -0.2) is 31.6 Å². The first-order valence-corrected chi connectivity index (χ1v) is 9.17. The summed E-state index contributed by atoms with van der Waals surface area (Å²) in [6.07, 6.45) is 0.199. The Hall–Kier alpha value is -3.02. The summed E-state index contributed by atoms with van der Waals surface area (Å²) in [4.78, 5) is 26.6. The van der Waals surface area contributed by atoms with Gasteiger partial charge in [0.2, 0.25) is 11.8 Å². The SMILES string of the molecule is CCOc1ccc(N2C[C@@H](C(=O)Nc3cccc(OCC)c3)CC2=O)cc1. The molecule has 6 nitrogen and oxygen atoms in total. The Balaban J connectivity index is 1.64. The monoisotopic (exact) mass is 368 g/mol. The van der Waals surface area contributed by atoms with E-state index in [1.165, 1.54) is 0 Å². The highest BCUT2D eigenvalue weighted by Gasteiger charge is 2.35. The van der Waals surface area contributed by atoms with Crippen molar-refractivity contribution in [1.29, 1.82) is 0 Å². The van der Waals surface area contributed by atoms with Gasteiger partial charge in [0.1, 0.15) is 11.5 Å². The van der Waals surface area contributed by atoms with Crippen molar-refractivity contribution in [2.24, 2.45) is 5.92 Å². The van der Waals surface area contributed by atoms with E-state index in [2.05, 4.69) is 5.32 Å². The van der Waals surface area contributed by atoms with Crippen molar-refractivity contribution in [3.63, 3.8) is 0 Å². The molecule has 2 aromatic rings. The standard InChI is InChI=1S/C21H24N2O4/c1-3-26-18-10-8-17(9-11-18)23-14-15(12-20(23)24)21(25)22-16-6-5-7-19(13-16)27-4-2/h5-11,13,15H,3-4,12,14H2,1-2H3,(H,22,25)/t15-/m0/s1. The Labute approximate surface area is 159 Å². The Morgan fingerprint density at radius 3 is 2.48 bits per heavy atom. The van der Waals surface area contributed by atoms with Crippen molar-refractivity contribution in [3.05, 3.63) is 48.5 Å². The average molecular weight is 368 g/mol. The minimum absolute atomic E-state index is 0.0534. The molecule has 1 N–H and O–H groups in total. The molecule has 1 saturated heterocycles. The van der Waals surface area contributed by atoms with Gasteiger partial charge in [-0.1, -0.05) is 6.07 Å². The molecule has 1 aliphatic heterocycles. The molecule has 1 aliphatic rings. The lowest BCUT2D eigenvalue weighted by Crippen LogP contribution is -2.28. The predicted molar refractivity (Wildman–Crippen MR) is 104 cm³/mol. The van der Waals surface area contributed by atoms with Crippen molar-refractivity contribution in [3.8, 4) is 11.5 Å². The van der Waals surface area contributed by atoms with Crippen LogP contribution in [0.1, 0.15) is 20.3 Å². The molecule has 6 heteroatoms. The number of carbonyl (C=O) groups is 2. The van der Waals surface area contributed by atoms with E-state index in [0.29, 0.717) is 31.2 Å². The third-order valence-corrected chi connectivity index (χ3v) is 4.37. The Morgan fingerprint density at radius 1 is 1.07 bits per heavy atom. The largest absolute Gasteiger partial charge is 0.494 e. The third-order valence-electron chi connectivity index (χ3n) is 4.37. The number of anilines is 2. The summed E-state index contributed by atoms with van der Waals surface area (Å²) in [6.45, 7) is 5.35. The topological polar surface area (TPSA) is 67.9 Å². The number of hydrogen-bond donors (Lipinski definition) is 1. The second kappa shape index (κ2) is 8.58. The van der Waals surface area contributed by atoms with Crippen molar-refractivity contribution in [1.82, 2.24) is 0 Å². The van der Waals surface area contributed by atoms with Crippen LogP contribution in [0, 0.1) is 5.92 Å². The second-order valence-corrected chi connectivity index (χ2v) is 6.28. The summed E-state index contributed by atoms with van der Waals surface area (Å²) in [5.74, 6) is 0.859. The molecule has 0 saturated carbocycles. The molecule has 2 amide bonds. The Morgan fingerprint density at radius 2 is 1.78 bits per heavy atom. The first kappa shape index (κ1) is 18.8. The minimum Gasteiger partial charge on any atom is -0.494 e. The van der Waals surface area contributed by atoms with Crippen LogP contribution in [-0.2, 0) is 9.59 Å². The lowest BCUT2D eigenvalue weighted by atomic mass is 10.1. The van der Waals surface area contributed by atoms with E-state index in [-0.39, 0.29) is 24.2 Å². The molecule has 0 aliphatic carbocycles. The highest BCUT2D eigenvalue weighted by atomic mass is 16.5. The van der Waals surface area contributed by atoms with Gasteiger partial charge in [0.15, 0.2) is 0 Å². The van der Waals surface area contributed by atoms with Crippen molar-refractivity contribution < 1.29 is 19.1 Å². The lowest BCUT2D eigenvalue weighted by Gasteiger charge is -2.17. The molecular weight excluding hydrogens is 344 g/mol. The normalized spacial score (nSPS) is 16.3. The first-order chi connectivity index (χ1) is 13.1. The van der Waals surface area contributed by atoms with E-state index in [1.807, 2.05) is 50.2 Å². The molecule has 27 heavy (non-hydrogen) atoms. The third kappa shape index (κ3) is 4.58. The second-order valence-electron chi connectivity index (χ2n) is 6.28. The zero-order valence-corrected chi connectivity index (χ0v) is 15.6. The van der Waals surface area contributed by atoms with Gasteiger partial charge in [-0.2, -0.15) is 0 Å². The molecule has 2 aromatic carbocycles. The molecule has 3 rings (SSSR count). The van der Waals surface area contributed by atoms with Crippen molar-refractivity contribution in [2.75, 3.05) is 30.0 Å². The fraction of sp³-hybridized carbons (Fsp3) is 0.333. The van der Waals surface area contributed by atoms with Crippen LogP contribution in [0.4, 0.5) is 11.4 Å². The lowest BCUT2D eigenvalue weighted by molar-refractivity contribution is -0.122. The van der Waals surface area contributed by atoms with E-state index < -0.39 is 0 Å². The Kier molecular flexibility index (Phi) is 5.96. The summed E-state index contributed by atoms with van der Waals surface area (Å²) in [5.41, 5.74) is 1.44. The van der Waals surface area contributed by atoms with E-state index in [1.54, 1.807) is 17.0 Å². The quantitative estimate of drug-likeness (QED) is 0.812. The smallest absolute Gasteiger partial charge is 0.229 e. The van der Waals surface area contributed by atoms with Crippen LogP contribution < -0.4 is 19.7 Å². The number of nitrogens with one attached hydrogen (secondary N) is 1. The number of nitrogens with zero attached hydrogens (tertiary/aromatic N) is 1. The van der Waals surface area contributed by atoms with E-state index >= 15 is 0 Å². The summed E-state index contributed by atoms with van der Waals surface area (Å²) in [7, 11) is 0. The molecular formula is C21H24N2O4. The summed E-state index contributed by atoms with van der Waals surface area (Å²) < 4.78 is 10.9. The van der Waals surface area contributed by atoms with Gasteiger partial charge in [0, 0.05) is 30.4 Å². The number of rotatable bonds is 7. The molecule has 0 radical (unpaired) electrons. The van der Waals surface area contributed by atoms with Crippen LogP contribution in [0.5, 0.6) is 11.5 Å². The maximum atomic E-state index is 12.6. The number of benzene rings is 2. The fourth-order valence-corrected chi connectivity index (χ4v) is 3.10. The van der Waals surface area contributed by atoms with Crippen LogP contribution in [0.25, 0.3) is 0 Å². The van der Waals surface area contributed by atoms with Gasteiger partial charge in [0.05, 0.1) is 19.1 Å². The van der Waals surface area contributed by atoms with Gasteiger partial charge in [-0.3, -0.25) is 9.59 Å². The molecule has 1 atom stereocenters. The number of hydrogen-bond acceptors (Lipinski definition) is 4. The molecule has 1 heterocycles. The van der Waals surface area contributed by atoms with Crippen LogP contribution >= 0.6 is 0 Å². The fourth-order valence-electron chi connectivity index (χ4n) is 3.10. The summed E-state index contributed by atoms with van der Waals surface area (Å²) >= 11 is 0. The van der Waals surface area contributed by atoms with Crippen molar-refractivity contribution in [2.45, 2.75) is 20.3 Å². The number of ether oxygens (including phenoxy) is 2.